The van der Waals surface area contributed by atoms with Gasteiger partial charge in [-0.2, -0.15) is 0 Å². The third-order valence-corrected chi connectivity index (χ3v) is 4.36. The van der Waals surface area contributed by atoms with Crippen LogP contribution >= 0.6 is 22.6 Å². The number of nitrogens with one attached hydrogen (secondary N) is 1. The van der Waals surface area contributed by atoms with Crippen LogP contribution in [0.3, 0.4) is 0 Å². The van der Waals surface area contributed by atoms with Crippen LogP contribution in [-0.4, -0.2) is 25.7 Å². The zero-order valence-electron chi connectivity index (χ0n) is 9.91. The van der Waals surface area contributed by atoms with Gasteiger partial charge in [-0.15, -0.1) is 0 Å². The molecule has 0 bridgehead atoms. The molecule has 3 heteroatoms. The fourth-order valence-electron chi connectivity index (χ4n) is 2.48. The van der Waals surface area contributed by atoms with Gasteiger partial charge in [0.15, 0.2) is 0 Å². The fourth-order valence-corrected chi connectivity index (χ4v) is 3.17. The zero-order chi connectivity index (χ0) is 11.5. The van der Waals surface area contributed by atoms with Gasteiger partial charge in [0.05, 0.1) is 5.69 Å². The van der Waals surface area contributed by atoms with Gasteiger partial charge in [0.1, 0.15) is 0 Å². The monoisotopic (exact) mass is 330 g/mol. The number of nitrogens with zero attached hydrogens (tertiary/aromatic N) is 1. The lowest BCUT2D eigenvalue weighted by Gasteiger charge is -2.39. The number of piperidine rings is 1. The molecule has 1 heterocycles. The summed E-state index contributed by atoms with van der Waals surface area (Å²) in [6, 6.07) is 9.98. The molecule has 0 aromatic heterocycles. The molecule has 0 saturated carbocycles. The van der Waals surface area contributed by atoms with Gasteiger partial charge in [-0.25, -0.2) is 0 Å². The van der Waals surface area contributed by atoms with Gasteiger partial charge in [0.25, 0.3) is 0 Å². The molecule has 0 amide bonds. The summed E-state index contributed by atoms with van der Waals surface area (Å²) in [7, 11) is 2.07. The number of hydrogen-bond acceptors (Lipinski definition) is 2. The average molecular weight is 330 g/mol. The van der Waals surface area contributed by atoms with Crippen LogP contribution in [0.2, 0.25) is 0 Å². The van der Waals surface area contributed by atoms with Gasteiger partial charge >= 0.3 is 0 Å². The van der Waals surface area contributed by atoms with Crippen LogP contribution < -0.4 is 10.2 Å². The molecule has 1 fully saturated rings. The van der Waals surface area contributed by atoms with Crippen molar-refractivity contribution in [3.63, 3.8) is 0 Å². The Bertz CT molecular complexity index is 354. The van der Waals surface area contributed by atoms with E-state index in [0.717, 1.165) is 6.54 Å². The Labute approximate surface area is 112 Å². The number of para-hydroxylation sites is 1. The third-order valence-electron chi connectivity index (χ3n) is 3.45. The standard InChI is InChI=1S/C13H19IN2/c1-10-9-11(15-2)7-8-16(10)13-6-4-3-5-12(13)14/h3-6,10-11,15H,7-9H2,1-2H3. The summed E-state index contributed by atoms with van der Waals surface area (Å²) in [5, 5.41) is 3.39. The first-order valence-corrected chi connectivity index (χ1v) is 6.98. The smallest absolute Gasteiger partial charge is 0.0504 e. The van der Waals surface area contributed by atoms with E-state index in [4.69, 9.17) is 0 Å². The van der Waals surface area contributed by atoms with E-state index in [1.165, 1.54) is 22.1 Å². The van der Waals surface area contributed by atoms with Crippen molar-refractivity contribution in [2.75, 3.05) is 18.5 Å². The number of rotatable bonds is 2. The molecule has 0 spiro atoms. The molecule has 1 aliphatic heterocycles. The van der Waals surface area contributed by atoms with Crippen molar-refractivity contribution in [3.8, 4) is 0 Å². The van der Waals surface area contributed by atoms with E-state index in [0.29, 0.717) is 12.1 Å². The SMILES string of the molecule is CNC1CCN(c2ccccc2I)C(C)C1. The van der Waals surface area contributed by atoms with E-state index in [-0.39, 0.29) is 0 Å². The van der Waals surface area contributed by atoms with Crippen molar-refractivity contribution in [2.45, 2.75) is 31.8 Å². The molecule has 1 aromatic carbocycles. The molecule has 1 saturated heterocycles. The normalized spacial score (nSPS) is 25.8. The van der Waals surface area contributed by atoms with E-state index in [1.54, 1.807) is 0 Å². The summed E-state index contributed by atoms with van der Waals surface area (Å²) in [6.07, 6.45) is 2.48. The number of benzene rings is 1. The molecule has 2 nitrogen and oxygen atoms in total. The Kier molecular flexibility index (Phi) is 4.08. The first-order valence-electron chi connectivity index (χ1n) is 5.91. The predicted octanol–water partition coefficient (Wildman–Crippen LogP) is 2.87. The van der Waals surface area contributed by atoms with Crippen LogP contribution in [0.15, 0.2) is 24.3 Å². The Balaban J connectivity index is 2.14. The first kappa shape index (κ1) is 12.2. The second-order valence-corrected chi connectivity index (χ2v) is 5.67. The van der Waals surface area contributed by atoms with Crippen LogP contribution in [0.1, 0.15) is 19.8 Å². The quantitative estimate of drug-likeness (QED) is 0.839. The van der Waals surface area contributed by atoms with Crippen LogP contribution in [0, 0.1) is 3.57 Å². The number of hydrogen-bond donors (Lipinski definition) is 1. The highest BCUT2D eigenvalue weighted by molar-refractivity contribution is 14.1. The first-order chi connectivity index (χ1) is 7.72. The van der Waals surface area contributed by atoms with Gasteiger partial charge < -0.3 is 10.2 Å². The summed E-state index contributed by atoms with van der Waals surface area (Å²) in [5.74, 6) is 0. The molecule has 0 aliphatic carbocycles. The lowest BCUT2D eigenvalue weighted by atomic mass is 9.98. The number of anilines is 1. The van der Waals surface area contributed by atoms with Gasteiger partial charge in [-0.1, -0.05) is 12.1 Å². The minimum atomic E-state index is 0.627. The Hall–Kier alpha value is -0.290. The van der Waals surface area contributed by atoms with E-state index in [1.807, 2.05) is 0 Å². The number of halogens is 1. The van der Waals surface area contributed by atoms with Crippen LogP contribution in [0.5, 0.6) is 0 Å². The lowest BCUT2D eigenvalue weighted by molar-refractivity contribution is 0.387. The largest absolute Gasteiger partial charge is 0.368 e. The highest BCUT2D eigenvalue weighted by Gasteiger charge is 2.25. The lowest BCUT2D eigenvalue weighted by Crippen LogP contribution is -2.46. The summed E-state index contributed by atoms with van der Waals surface area (Å²) in [6.45, 7) is 3.49. The minimum Gasteiger partial charge on any atom is -0.368 e. The van der Waals surface area contributed by atoms with Crippen molar-refractivity contribution in [1.82, 2.24) is 5.32 Å². The maximum Gasteiger partial charge on any atom is 0.0504 e. The Morgan fingerprint density at radius 3 is 2.75 bits per heavy atom. The van der Waals surface area contributed by atoms with E-state index in [2.05, 4.69) is 71.0 Å². The van der Waals surface area contributed by atoms with Gasteiger partial charge in [-0.3, -0.25) is 0 Å². The Morgan fingerprint density at radius 1 is 1.38 bits per heavy atom. The highest BCUT2D eigenvalue weighted by Crippen LogP contribution is 2.28. The highest BCUT2D eigenvalue weighted by atomic mass is 127. The maximum absolute atomic E-state index is 3.39. The minimum absolute atomic E-state index is 0.627. The van der Waals surface area contributed by atoms with Crippen LogP contribution in [0.4, 0.5) is 5.69 Å². The van der Waals surface area contributed by atoms with Gasteiger partial charge in [-0.05, 0) is 61.5 Å². The van der Waals surface area contributed by atoms with Gasteiger partial charge in [0, 0.05) is 22.2 Å². The molecule has 0 radical (unpaired) electrons. The second kappa shape index (κ2) is 5.36. The van der Waals surface area contributed by atoms with Crippen molar-refractivity contribution < 1.29 is 0 Å². The summed E-state index contributed by atoms with van der Waals surface area (Å²) >= 11 is 2.43. The van der Waals surface area contributed by atoms with Crippen molar-refractivity contribution in [3.05, 3.63) is 27.8 Å². The topological polar surface area (TPSA) is 15.3 Å². The molecule has 2 atom stereocenters. The summed E-state index contributed by atoms with van der Waals surface area (Å²) < 4.78 is 1.36. The van der Waals surface area contributed by atoms with E-state index >= 15 is 0 Å². The van der Waals surface area contributed by atoms with Crippen molar-refractivity contribution in [2.24, 2.45) is 0 Å². The van der Waals surface area contributed by atoms with Crippen LogP contribution in [-0.2, 0) is 0 Å². The molecule has 1 N–H and O–H groups in total. The summed E-state index contributed by atoms with van der Waals surface area (Å²) in [4.78, 5) is 2.54. The molecule has 2 rings (SSSR count). The van der Waals surface area contributed by atoms with Crippen molar-refractivity contribution >= 4 is 28.3 Å². The zero-order valence-corrected chi connectivity index (χ0v) is 12.1. The molecule has 88 valence electrons. The molecule has 1 aliphatic rings. The van der Waals surface area contributed by atoms with Gasteiger partial charge in [0.2, 0.25) is 0 Å². The summed E-state index contributed by atoms with van der Waals surface area (Å²) in [5.41, 5.74) is 1.39. The Morgan fingerprint density at radius 2 is 2.12 bits per heavy atom. The predicted molar refractivity (Wildman–Crippen MR) is 78.0 cm³/mol. The van der Waals surface area contributed by atoms with Crippen molar-refractivity contribution in [1.29, 1.82) is 0 Å². The van der Waals surface area contributed by atoms with E-state index < -0.39 is 0 Å². The molecule has 2 unspecified atom stereocenters. The average Bonchev–Trinajstić information content (AvgIpc) is 2.30. The molecule has 1 aromatic rings. The van der Waals surface area contributed by atoms with E-state index in [9.17, 15) is 0 Å². The third kappa shape index (κ3) is 2.51. The second-order valence-electron chi connectivity index (χ2n) is 4.50. The van der Waals surface area contributed by atoms with Crippen LogP contribution in [0.25, 0.3) is 0 Å². The molecular formula is C13H19IN2. The fraction of sp³-hybridized carbons (Fsp3) is 0.538. The molecule has 16 heavy (non-hydrogen) atoms. The maximum atomic E-state index is 3.39. The molecular weight excluding hydrogens is 311 g/mol.